The van der Waals surface area contributed by atoms with Gasteiger partial charge in [-0.05, 0) is 44.2 Å². The molecule has 0 bridgehead atoms. The SMILES string of the molecule is COc1ccc(C)cc1C(C)NC(=O)c1ccc(C#N)cc1. The Labute approximate surface area is 130 Å². The van der Waals surface area contributed by atoms with E-state index in [-0.39, 0.29) is 11.9 Å². The quantitative estimate of drug-likeness (QED) is 0.940. The molecule has 0 spiro atoms. The van der Waals surface area contributed by atoms with E-state index in [1.807, 2.05) is 38.1 Å². The Kier molecular flexibility index (Phi) is 4.80. The summed E-state index contributed by atoms with van der Waals surface area (Å²) in [4.78, 5) is 12.3. The van der Waals surface area contributed by atoms with Crippen molar-refractivity contribution in [1.29, 1.82) is 5.26 Å². The monoisotopic (exact) mass is 294 g/mol. The van der Waals surface area contributed by atoms with Crippen LogP contribution in [0.2, 0.25) is 0 Å². The normalized spacial score (nSPS) is 11.4. The van der Waals surface area contributed by atoms with Crippen molar-refractivity contribution >= 4 is 5.91 Å². The third kappa shape index (κ3) is 3.44. The van der Waals surface area contributed by atoms with Crippen molar-refractivity contribution in [2.75, 3.05) is 7.11 Å². The van der Waals surface area contributed by atoms with Crippen molar-refractivity contribution < 1.29 is 9.53 Å². The summed E-state index contributed by atoms with van der Waals surface area (Å²) in [5.74, 6) is 0.568. The molecule has 0 fully saturated rings. The fourth-order valence-electron chi connectivity index (χ4n) is 2.25. The van der Waals surface area contributed by atoms with Crippen molar-refractivity contribution in [3.8, 4) is 11.8 Å². The van der Waals surface area contributed by atoms with Crippen LogP contribution in [0.25, 0.3) is 0 Å². The van der Waals surface area contributed by atoms with Crippen LogP contribution < -0.4 is 10.1 Å². The van der Waals surface area contributed by atoms with Gasteiger partial charge in [-0.3, -0.25) is 4.79 Å². The second kappa shape index (κ2) is 6.77. The Hall–Kier alpha value is -2.80. The second-order valence-corrected chi connectivity index (χ2v) is 5.13. The summed E-state index contributed by atoms with van der Waals surface area (Å²) in [6.45, 7) is 3.91. The number of amides is 1. The van der Waals surface area contributed by atoms with E-state index in [0.29, 0.717) is 11.1 Å². The van der Waals surface area contributed by atoms with Gasteiger partial charge in [-0.2, -0.15) is 5.26 Å². The molecule has 112 valence electrons. The van der Waals surface area contributed by atoms with E-state index in [9.17, 15) is 4.79 Å². The molecule has 0 saturated carbocycles. The summed E-state index contributed by atoms with van der Waals surface area (Å²) < 4.78 is 5.35. The molecule has 4 heteroatoms. The van der Waals surface area contributed by atoms with Gasteiger partial charge in [0.15, 0.2) is 0 Å². The average Bonchev–Trinajstić information content (AvgIpc) is 2.54. The number of methoxy groups -OCH3 is 1. The van der Waals surface area contributed by atoms with Crippen molar-refractivity contribution in [2.45, 2.75) is 19.9 Å². The number of hydrogen-bond donors (Lipinski definition) is 1. The lowest BCUT2D eigenvalue weighted by Crippen LogP contribution is -2.27. The first-order chi connectivity index (χ1) is 10.5. The molecule has 1 amide bonds. The Morgan fingerprint density at radius 1 is 1.23 bits per heavy atom. The smallest absolute Gasteiger partial charge is 0.251 e. The van der Waals surface area contributed by atoms with Gasteiger partial charge in [0, 0.05) is 11.1 Å². The highest BCUT2D eigenvalue weighted by atomic mass is 16.5. The molecule has 0 aromatic heterocycles. The molecule has 2 rings (SSSR count). The van der Waals surface area contributed by atoms with Crippen LogP contribution >= 0.6 is 0 Å². The van der Waals surface area contributed by atoms with E-state index in [1.54, 1.807) is 31.4 Å². The average molecular weight is 294 g/mol. The number of carbonyl (C=O) groups is 1. The molecule has 0 aliphatic rings. The van der Waals surface area contributed by atoms with Crippen LogP contribution in [0.5, 0.6) is 5.75 Å². The Balaban J connectivity index is 2.17. The van der Waals surface area contributed by atoms with Gasteiger partial charge in [-0.25, -0.2) is 0 Å². The third-order valence-electron chi connectivity index (χ3n) is 3.48. The maximum Gasteiger partial charge on any atom is 0.251 e. The molecule has 4 nitrogen and oxygen atoms in total. The van der Waals surface area contributed by atoms with Gasteiger partial charge in [0.05, 0.1) is 24.8 Å². The first kappa shape index (κ1) is 15.6. The molecule has 0 aliphatic carbocycles. The first-order valence-electron chi connectivity index (χ1n) is 7.00. The minimum absolute atomic E-state index is 0.180. The van der Waals surface area contributed by atoms with Crippen molar-refractivity contribution in [3.05, 3.63) is 64.7 Å². The summed E-state index contributed by atoms with van der Waals surface area (Å²) in [5.41, 5.74) is 3.10. The van der Waals surface area contributed by atoms with Crippen molar-refractivity contribution in [2.24, 2.45) is 0 Å². The standard InChI is InChI=1S/C18H18N2O2/c1-12-4-9-17(22-3)16(10-12)13(2)20-18(21)15-7-5-14(11-19)6-8-15/h4-10,13H,1-3H3,(H,20,21). The van der Waals surface area contributed by atoms with Gasteiger partial charge < -0.3 is 10.1 Å². The van der Waals surface area contributed by atoms with E-state index in [1.165, 1.54) is 0 Å². The van der Waals surface area contributed by atoms with E-state index in [4.69, 9.17) is 10.00 Å². The van der Waals surface area contributed by atoms with Gasteiger partial charge in [0.2, 0.25) is 0 Å². The zero-order valence-electron chi connectivity index (χ0n) is 12.9. The minimum Gasteiger partial charge on any atom is -0.496 e. The van der Waals surface area contributed by atoms with E-state index in [0.717, 1.165) is 16.9 Å². The van der Waals surface area contributed by atoms with Crippen molar-refractivity contribution in [3.63, 3.8) is 0 Å². The van der Waals surface area contributed by atoms with Crippen LogP contribution in [0.1, 0.15) is 40.0 Å². The number of nitrogens with one attached hydrogen (secondary N) is 1. The molecule has 0 radical (unpaired) electrons. The Bertz CT molecular complexity index is 715. The van der Waals surface area contributed by atoms with E-state index in [2.05, 4.69) is 5.32 Å². The van der Waals surface area contributed by atoms with Gasteiger partial charge in [-0.1, -0.05) is 17.7 Å². The van der Waals surface area contributed by atoms with Gasteiger partial charge in [0.1, 0.15) is 5.75 Å². The highest BCUT2D eigenvalue weighted by molar-refractivity contribution is 5.94. The van der Waals surface area contributed by atoms with E-state index < -0.39 is 0 Å². The minimum atomic E-state index is -0.182. The first-order valence-corrected chi connectivity index (χ1v) is 7.00. The molecule has 1 N–H and O–H groups in total. The van der Waals surface area contributed by atoms with Crippen LogP contribution in [-0.4, -0.2) is 13.0 Å². The molecular formula is C18H18N2O2. The number of carbonyl (C=O) groups excluding carboxylic acids is 1. The molecule has 22 heavy (non-hydrogen) atoms. The molecule has 1 unspecified atom stereocenters. The third-order valence-corrected chi connectivity index (χ3v) is 3.48. The number of benzene rings is 2. The highest BCUT2D eigenvalue weighted by Crippen LogP contribution is 2.26. The molecular weight excluding hydrogens is 276 g/mol. The Morgan fingerprint density at radius 3 is 2.50 bits per heavy atom. The van der Waals surface area contributed by atoms with Crippen molar-refractivity contribution in [1.82, 2.24) is 5.32 Å². The number of rotatable bonds is 4. The number of hydrogen-bond acceptors (Lipinski definition) is 3. The van der Waals surface area contributed by atoms with Crippen LogP contribution in [0.4, 0.5) is 0 Å². The Morgan fingerprint density at radius 2 is 1.91 bits per heavy atom. The summed E-state index contributed by atoms with van der Waals surface area (Å²) >= 11 is 0. The van der Waals surface area contributed by atoms with Gasteiger partial charge in [0.25, 0.3) is 5.91 Å². The number of nitrogens with zero attached hydrogens (tertiary/aromatic N) is 1. The highest BCUT2D eigenvalue weighted by Gasteiger charge is 2.15. The van der Waals surface area contributed by atoms with Gasteiger partial charge >= 0.3 is 0 Å². The summed E-state index contributed by atoms with van der Waals surface area (Å²) in [6, 6.07) is 14.3. The molecule has 2 aromatic rings. The zero-order valence-corrected chi connectivity index (χ0v) is 12.9. The van der Waals surface area contributed by atoms with Crippen LogP contribution in [0, 0.1) is 18.3 Å². The fourth-order valence-corrected chi connectivity index (χ4v) is 2.25. The molecule has 0 heterocycles. The molecule has 2 aromatic carbocycles. The lowest BCUT2D eigenvalue weighted by molar-refractivity contribution is 0.0939. The topological polar surface area (TPSA) is 62.1 Å². The lowest BCUT2D eigenvalue weighted by Gasteiger charge is -2.18. The molecule has 0 saturated heterocycles. The van der Waals surface area contributed by atoms with Crippen LogP contribution in [0.3, 0.4) is 0 Å². The maximum atomic E-state index is 12.3. The predicted molar refractivity (Wildman–Crippen MR) is 84.8 cm³/mol. The number of aryl methyl sites for hydroxylation is 1. The lowest BCUT2D eigenvalue weighted by atomic mass is 10.0. The largest absolute Gasteiger partial charge is 0.496 e. The van der Waals surface area contributed by atoms with Crippen LogP contribution in [-0.2, 0) is 0 Å². The summed E-state index contributed by atoms with van der Waals surface area (Å²) in [7, 11) is 1.61. The second-order valence-electron chi connectivity index (χ2n) is 5.13. The maximum absolute atomic E-state index is 12.3. The predicted octanol–water partition coefficient (Wildman–Crippen LogP) is 3.37. The fraction of sp³-hybridized carbons (Fsp3) is 0.222. The molecule has 0 aliphatic heterocycles. The summed E-state index contributed by atoms with van der Waals surface area (Å²) in [6.07, 6.45) is 0. The van der Waals surface area contributed by atoms with E-state index >= 15 is 0 Å². The number of nitriles is 1. The number of ether oxygens (including phenoxy) is 1. The molecule has 1 atom stereocenters. The zero-order chi connectivity index (χ0) is 16.1. The van der Waals surface area contributed by atoms with Gasteiger partial charge in [-0.15, -0.1) is 0 Å². The van der Waals surface area contributed by atoms with Crippen LogP contribution in [0.15, 0.2) is 42.5 Å². The summed E-state index contributed by atoms with van der Waals surface area (Å²) in [5, 5.41) is 11.7.